The molecule has 0 N–H and O–H groups in total. The van der Waals surface area contributed by atoms with Crippen molar-refractivity contribution in [2.75, 3.05) is 13.6 Å². The number of hydrogen-bond acceptors (Lipinski definition) is 1. The van der Waals surface area contributed by atoms with Gasteiger partial charge in [0.1, 0.15) is 0 Å². The van der Waals surface area contributed by atoms with Crippen LogP contribution >= 0.6 is 0 Å². The van der Waals surface area contributed by atoms with Crippen molar-refractivity contribution < 1.29 is 0 Å². The highest BCUT2D eigenvalue weighted by Crippen LogP contribution is 2.19. The maximum atomic E-state index is 2.37. The normalized spacial score (nSPS) is 23.2. The highest BCUT2D eigenvalue weighted by Gasteiger charge is 2.11. The molecule has 1 heteroatoms. The SMILES string of the molecule is CC(C)C=C1CCCN1C. The summed E-state index contributed by atoms with van der Waals surface area (Å²) in [6, 6.07) is 0. The molecule has 0 bridgehead atoms. The Labute approximate surface area is 63.7 Å². The zero-order valence-electron chi connectivity index (χ0n) is 7.22. The molecule has 1 nitrogen and oxygen atoms in total. The van der Waals surface area contributed by atoms with E-state index in [1.165, 1.54) is 25.1 Å². The van der Waals surface area contributed by atoms with Gasteiger partial charge in [0.15, 0.2) is 0 Å². The minimum Gasteiger partial charge on any atom is -0.378 e. The first-order chi connectivity index (χ1) is 4.70. The van der Waals surface area contributed by atoms with Gasteiger partial charge in [-0.15, -0.1) is 0 Å². The number of hydrogen-bond donors (Lipinski definition) is 0. The lowest BCUT2D eigenvalue weighted by Crippen LogP contribution is -2.10. The molecule has 1 rings (SSSR count). The first-order valence-corrected chi connectivity index (χ1v) is 4.12. The molecule has 1 aliphatic heterocycles. The van der Waals surface area contributed by atoms with Crippen molar-refractivity contribution in [3.05, 3.63) is 11.8 Å². The molecule has 0 radical (unpaired) electrons. The molecule has 1 heterocycles. The number of rotatable bonds is 1. The summed E-state index contributed by atoms with van der Waals surface area (Å²) in [5.41, 5.74) is 1.54. The van der Waals surface area contributed by atoms with Gasteiger partial charge in [-0.3, -0.25) is 0 Å². The molecule has 0 aromatic rings. The lowest BCUT2D eigenvalue weighted by atomic mass is 10.1. The topological polar surface area (TPSA) is 3.24 Å². The molecule has 0 spiro atoms. The fourth-order valence-electron chi connectivity index (χ4n) is 1.43. The van der Waals surface area contributed by atoms with E-state index < -0.39 is 0 Å². The molecule has 10 heavy (non-hydrogen) atoms. The molecule has 0 unspecified atom stereocenters. The van der Waals surface area contributed by atoms with E-state index in [0.29, 0.717) is 5.92 Å². The molecule has 0 aliphatic carbocycles. The van der Waals surface area contributed by atoms with Crippen LogP contribution in [0.25, 0.3) is 0 Å². The third-order valence-corrected chi connectivity index (χ3v) is 1.94. The Balaban J connectivity index is 2.54. The van der Waals surface area contributed by atoms with Gasteiger partial charge in [-0.2, -0.15) is 0 Å². The van der Waals surface area contributed by atoms with E-state index in [1.54, 1.807) is 0 Å². The zero-order chi connectivity index (χ0) is 7.56. The number of likely N-dealkylation sites (tertiary alicyclic amines) is 1. The third kappa shape index (κ3) is 1.76. The molecule has 1 aliphatic rings. The van der Waals surface area contributed by atoms with Gasteiger partial charge in [-0.1, -0.05) is 19.9 Å². The molecular weight excluding hydrogens is 122 g/mol. The second kappa shape index (κ2) is 3.09. The van der Waals surface area contributed by atoms with Crippen LogP contribution in [0.4, 0.5) is 0 Å². The maximum absolute atomic E-state index is 2.37. The monoisotopic (exact) mass is 139 g/mol. The standard InChI is InChI=1S/C9H17N/c1-8(2)7-9-5-4-6-10(9)3/h7-8H,4-6H2,1-3H3. The predicted molar refractivity (Wildman–Crippen MR) is 44.8 cm³/mol. The molecule has 0 amide bonds. The summed E-state index contributed by atoms with van der Waals surface area (Å²) in [4.78, 5) is 2.36. The molecule has 0 saturated carbocycles. The summed E-state index contributed by atoms with van der Waals surface area (Å²) < 4.78 is 0. The van der Waals surface area contributed by atoms with Gasteiger partial charge in [0.25, 0.3) is 0 Å². The summed E-state index contributed by atoms with van der Waals surface area (Å²) >= 11 is 0. The highest BCUT2D eigenvalue weighted by molar-refractivity contribution is 5.05. The van der Waals surface area contributed by atoms with Gasteiger partial charge in [-0.25, -0.2) is 0 Å². The van der Waals surface area contributed by atoms with Crippen LogP contribution < -0.4 is 0 Å². The van der Waals surface area contributed by atoms with Gasteiger partial charge >= 0.3 is 0 Å². The Morgan fingerprint density at radius 2 is 2.20 bits per heavy atom. The minimum atomic E-state index is 0.704. The molecular formula is C9H17N. The smallest absolute Gasteiger partial charge is 0.0175 e. The Morgan fingerprint density at radius 3 is 2.60 bits per heavy atom. The van der Waals surface area contributed by atoms with Crippen LogP contribution in [0.5, 0.6) is 0 Å². The predicted octanol–water partition coefficient (Wildman–Crippen LogP) is 2.25. The largest absolute Gasteiger partial charge is 0.378 e. The van der Waals surface area contributed by atoms with Crippen molar-refractivity contribution in [1.82, 2.24) is 4.90 Å². The van der Waals surface area contributed by atoms with Crippen molar-refractivity contribution >= 4 is 0 Å². The zero-order valence-corrected chi connectivity index (χ0v) is 7.22. The molecule has 0 atom stereocenters. The first kappa shape index (κ1) is 7.64. The van der Waals surface area contributed by atoms with Gasteiger partial charge in [0.05, 0.1) is 0 Å². The first-order valence-electron chi connectivity index (χ1n) is 4.12. The Hall–Kier alpha value is -0.460. The third-order valence-electron chi connectivity index (χ3n) is 1.94. The quantitative estimate of drug-likeness (QED) is 0.538. The van der Waals surface area contributed by atoms with Gasteiger partial charge in [0.2, 0.25) is 0 Å². The number of allylic oxidation sites excluding steroid dienone is 2. The van der Waals surface area contributed by atoms with E-state index in [9.17, 15) is 0 Å². The fraction of sp³-hybridized carbons (Fsp3) is 0.778. The molecule has 1 fully saturated rings. The van der Waals surface area contributed by atoms with Crippen LogP contribution in [0, 0.1) is 5.92 Å². The van der Waals surface area contributed by atoms with Crippen molar-refractivity contribution in [2.45, 2.75) is 26.7 Å². The van der Waals surface area contributed by atoms with E-state index in [1.807, 2.05) is 0 Å². The fourth-order valence-corrected chi connectivity index (χ4v) is 1.43. The van der Waals surface area contributed by atoms with E-state index in [0.717, 1.165) is 0 Å². The van der Waals surface area contributed by atoms with Crippen LogP contribution in [0.1, 0.15) is 26.7 Å². The van der Waals surface area contributed by atoms with E-state index >= 15 is 0 Å². The lowest BCUT2D eigenvalue weighted by molar-refractivity contribution is 0.476. The molecule has 0 aromatic carbocycles. The summed E-state index contributed by atoms with van der Waals surface area (Å²) in [7, 11) is 2.18. The second-order valence-corrected chi connectivity index (χ2v) is 3.43. The van der Waals surface area contributed by atoms with Crippen LogP contribution in [-0.4, -0.2) is 18.5 Å². The van der Waals surface area contributed by atoms with Gasteiger partial charge in [0, 0.05) is 19.3 Å². The average molecular weight is 139 g/mol. The van der Waals surface area contributed by atoms with Gasteiger partial charge < -0.3 is 4.90 Å². The Morgan fingerprint density at radius 1 is 1.50 bits per heavy atom. The highest BCUT2D eigenvalue weighted by atomic mass is 15.1. The average Bonchev–Trinajstić information content (AvgIpc) is 2.15. The van der Waals surface area contributed by atoms with Crippen LogP contribution in [0.15, 0.2) is 11.8 Å². The minimum absolute atomic E-state index is 0.704. The maximum Gasteiger partial charge on any atom is 0.0175 e. The summed E-state index contributed by atoms with van der Waals surface area (Å²) in [5, 5.41) is 0. The van der Waals surface area contributed by atoms with Crippen LogP contribution in [0.2, 0.25) is 0 Å². The molecule has 58 valence electrons. The second-order valence-electron chi connectivity index (χ2n) is 3.43. The molecule has 0 aromatic heterocycles. The van der Waals surface area contributed by atoms with Crippen LogP contribution in [-0.2, 0) is 0 Å². The van der Waals surface area contributed by atoms with E-state index in [-0.39, 0.29) is 0 Å². The Bertz CT molecular complexity index is 136. The summed E-state index contributed by atoms with van der Waals surface area (Å²) in [5.74, 6) is 0.704. The van der Waals surface area contributed by atoms with Gasteiger partial charge in [-0.05, 0) is 18.8 Å². The summed E-state index contributed by atoms with van der Waals surface area (Å²) in [6.07, 6.45) is 5.00. The lowest BCUT2D eigenvalue weighted by Gasteiger charge is -2.13. The van der Waals surface area contributed by atoms with Crippen molar-refractivity contribution in [3.8, 4) is 0 Å². The van der Waals surface area contributed by atoms with Crippen LogP contribution in [0.3, 0.4) is 0 Å². The number of nitrogens with zero attached hydrogens (tertiary/aromatic N) is 1. The van der Waals surface area contributed by atoms with Crippen molar-refractivity contribution in [1.29, 1.82) is 0 Å². The molecule has 1 saturated heterocycles. The Kier molecular flexibility index (Phi) is 2.36. The van der Waals surface area contributed by atoms with Crippen molar-refractivity contribution in [3.63, 3.8) is 0 Å². The van der Waals surface area contributed by atoms with Crippen molar-refractivity contribution in [2.24, 2.45) is 5.92 Å². The van der Waals surface area contributed by atoms with E-state index in [4.69, 9.17) is 0 Å². The summed E-state index contributed by atoms with van der Waals surface area (Å²) in [6.45, 7) is 5.72. The van der Waals surface area contributed by atoms with E-state index in [2.05, 4.69) is 31.9 Å².